The van der Waals surface area contributed by atoms with Crippen molar-refractivity contribution in [3.63, 3.8) is 0 Å². The van der Waals surface area contributed by atoms with Crippen LogP contribution in [-0.2, 0) is 6.54 Å². The standard InChI is InChI=1S/C13H23N3/c1-11(2)13(10-16(3)4)15-9-12-6-5-7-14-8-12/h5-8,11,13,15H,9-10H2,1-4H3. The first-order valence-corrected chi connectivity index (χ1v) is 5.86. The predicted octanol–water partition coefficient (Wildman–Crippen LogP) is 1.76. The summed E-state index contributed by atoms with van der Waals surface area (Å²) < 4.78 is 0. The molecule has 1 atom stereocenters. The third-order valence-electron chi connectivity index (χ3n) is 2.66. The van der Waals surface area contributed by atoms with E-state index in [1.165, 1.54) is 5.56 Å². The number of likely N-dealkylation sites (N-methyl/N-ethyl adjacent to an activating group) is 1. The maximum atomic E-state index is 4.12. The fourth-order valence-corrected chi connectivity index (χ4v) is 1.66. The minimum Gasteiger partial charge on any atom is -0.308 e. The van der Waals surface area contributed by atoms with Crippen molar-refractivity contribution in [1.29, 1.82) is 0 Å². The summed E-state index contributed by atoms with van der Waals surface area (Å²) in [5, 5.41) is 3.59. The number of aromatic nitrogens is 1. The summed E-state index contributed by atoms with van der Waals surface area (Å²) in [6.07, 6.45) is 3.73. The second-order valence-corrected chi connectivity index (χ2v) is 4.85. The van der Waals surface area contributed by atoms with Gasteiger partial charge in [-0.2, -0.15) is 0 Å². The Bertz CT molecular complexity index is 282. The molecule has 1 aromatic rings. The molecule has 0 amide bonds. The van der Waals surface area contributed by atoms with E-state index in [0.29, 0.717) is 12.0 Å². The van der Waals surface area contributed by atoms with Crippen molar-refractivity contribution >= 4 is 0 Å². The summed E-state index contributed by atoms with van der Waals surface area (Å²) in [7, 11) is 4.22. The van der Waals surface area contributed by atoms with Crippen LogP contribution in [0.5, 0.6) is 0 Å². The first kappa shape index (κ1) is 13.1. The van der Waals surface area contributed by atoms with Crippen LogP contribution in [-0.4, -0.2) is 36.6 Å². The summed E-state index contributed by atoms with van der Waals surface area (Å²) in [5.41, 5.74) is 1.24. The van der Waals surface area contributed by atoms with Gasteiger partial charge >= 0.3 is 0 Å². The van der Waals surface area contributed by atoms with Crippen molar-refractivity contribution in [3.05, 3.63) is 30.1 Å². The van der Waals surface area contributed by atoms with E-state index in [0.717, 1.165) is 13.1 Å². The molecule has 16 heavy (non-hydrogen) atoms. The van der Waals surface area contributed by atoms with Crippen LogP contribution >= 0.6 is 0 Å². The molecule has 0 saturated heterocycles. The Balaban J connectivity index is 2.44. The minimum absolute atomic E-state index is 0.523. The van der Waals surface area contributed by atoms with Crippen molar-refractivity contribution in [3.8, 4) is 0 Å². The molecule has 0 radical (unpaired) electrons. The lowest BCUT2D eigenvalue weighted by Crippen LogP contribution is -2.41. The molecule has 0 aliphatic rings. The summed E-state index contributed by atoms with van der Waals surface area (Å²) in [6, 6.07) is 4.61. The molecule has 1 unspecified atom stereocenters. The lowest BCUT2D eigenvalue weighted by Gasteiger charge is -2.25. The number of pyridine rings is 1. The van der Waals surface area contributed by atoms with E-state index in [1.807, 2.05) is 18.5 Å². The minimum atomic E-state index is 0.523. The maximum Gasteiger partial charge on any atom is 0.0312 e. The summed E-state index contributed by atoms with van der Waals surface area (Å²) in [6.45, 7) is 6.47. The molecule has 1 aromatic heterocycles. The number of rotatable bonds is 6. The smallest absolute Gasteiger partial charge is 0.0312 e. The van der Waals surface area contributed by atoms with E-state index in [-0.39, 0.29) is 0 Å². The van der Waals surface area contributed by atoms with Crippen LogP contribution in [0.2, 0.25) is 0 Å². The van der Waals surface area contributed by atoms with Gasteiger partial charge in [-0.3, -0.25) is 4.98 Å². The van der Waals surface area contributed by atoms with Crippen molar-refractivity contribution in [2.75, 3.05) is 20.6 Å². The molecular weight excluding hydrogens is 198 g/mol. The Labute approximate surface area is 98.9 Å². The molecule has 0 saturated carbocycles. The molecule has 0 bridgehead atoms. The molecule has 3 nitrogen and oxygen atoms in total. The highest BCUT2D eigenvalue weighted by Crippen LogP contribution is 2.04. The van der Waals surface area contributed by atoms with E-state index in [9.17, 15) is 0 Å². The highest BCUT2D eigenvalue weighted by Gasteiger charge is 2.13. The van der Waals surface area contributed by atoms with Crippen LogP contribution in [0, 0.1) is 5.92 Å². The Morgan fingerprint density at radius 1 is 1.38 bits per heavy atom. The lowest BCUT2D eigenvalue weighted by molar-refractivity contribution is 0.288. The van der Waals surface area contributed by atoms with Gasteiger partial charge in [0.05, 0.1) is 0 Å². The zero-order chi connectivity index (χ0) is 12.0. The molecule has 1 rings (SSSR count). The fraction of sp³-hybridized carbons (Fsp3) is 0.615. The van der Waals surface area contributed by atoms with Gasteiger partial charge in [-0.15, -0.1) is 0 Å². The Kier molecular flexibility index (Phi) is 5.43. The molecular formula is C13H23N3. The maximum absolute atomic E-state index is 4.12. The summed E-state index contributed by atoms with van der Waals surface area (Å²) in [4.78, 5) is 6.34. The fourth-order valence-electron chi connectivity index (χ4n) is 1.66. The van der Waals surface area contributed by atoms with Gasteiger partial charge in [0.1, 0.15) is 0 Å². The van der Waals surface area contributed by atoms with Gasteiger partial charge in [-0.25, -0.2) is 0 Å². The molecule has 1 N–H and O–H groups in total. The Hall–Kier alpha value is -0.930. The average molecular weight is 221 g/mol. The van der Waals surface area contributed by atoms with Crippen LogP contribution < -0.4 is 5.32 Å². The highest BCUT2D eigenvalue weighted by molar-refractivity contribution is 5.08. The SMILES string of the molecule is CC(C)C(CN(C)C)NCc1cccnc1. The number of hydrogen-bond donors (Lipinski definition) is 1. The van der Waals surface area contributed by atoms with Crippen LogP contribution in [0.1, 0.15) is 19.4 Å². The predicted molar refractivity (Wildman–Crippen MR) is 68.3 cm³/mol. The van der Waals surface area contributed by atoms with Crippen molar-refractivity contribution in [1.82, 2.24) is 15.2 Å². The third-order valence-corrected chi connectivity index (χ3v) is 2.66. The number of hydrogen-bond acceptors (Lipinski definition) is 3. The molecule has 3 heteroatoms. The third kappa shape index (κ3) is 4.73. The Morgan fingerprint density at radius 2 is 2.12 bits per heavy atom. The summed E-state index contributed by atoms with van der Waals surface area (Å²) >= 11 is 0. The van der Waals surface area contributed by atoms with Gasteiger partial charge in [-0.1, -0.05) is 19.9 Å². The van der Waals surface area contributed by atoms with Crippen LogP contribution in [0.15, 0.2) is 24.5 Å². The van der Waals surface area contributed by atoms with E-state index in [1.54, 1.807) is 0 Å². The second-order valence-electron chi connectivity index (χ2n) is 4.85. The van der Waals surface area contributed by atoms with Crippen LogP contribution in [0.4, 0.5) is 0 Å². The van der Waals surface area contributed by atoms with Gasteiger partial charge < -0.3 is 10.2 Å². The highest BCUT2D eigenvalue weighted by atomic mass is 15.1. The van der Waals surface area contributed by atoms with E-state index in [2.05, 4.69) is 49.2 Å². The van der Waals surface area contributed by atoms with Gasteiger partial charge in [0, 0.05) is 31.5 Å². The van der Waals surface area contributed by atoms with Crippen LogP contribution in [0.25, 0.3) is 0 Å². The lowest BCUT2D eigenvalue weighted by atomic mass is 10.0. The van der Waals surface area contributed by atoms with E-state index < -0.39 is 0 Å². The largest absolute Gasteiger partial charge is 0.308 e. The number of nitrogens with one attached hydrogen (secondary N) is 1. The van der Waals surface area contributed by atoms with Crippen molar-refractivity contribution in [2.24, 2.45) is 5.92 Å². The molecule has 1 heterocycles. The number of nitrogens with zero attached hydrogens (tertiary/aromatic N) is 2. The molecule has 90 valence electrons. The Morgan fingerprint density at radius 3 is 2.62 bits per heavy atom. The molecule has 0 aromatic carbocycles. The molecule has 0 fully saturated rings. The van der Waals surface area contributed by atoms with Crippen molar-refractivity contribution < 1.29 is 0 Å². The molecule has 0 spiro atoms. The first-order valence-electron chi connectivity index (χ1n) is 5.86. The molecule has 0 aliphatic carbocycles. The van der Waals surface area contributed by atoms with Gasteiger partial charge in [0.15, 0.2) is 0 Å². The van der Waals surface area contributed by atoms with Gasteiger partial charge in [-0.05, 0) is 31.6 Å². The summed E-state index contributed by atoms with van der Waals surface area (Å²) in [5.74, 6) is 0.638. The van der Waals surface area contributed by atoms with Gasteiger partial charge in [0.2, 0.25) is 0 Å². The van der Waals surface area contributed by atoms with Gasteiger partial charge in [0.25, 0.3) is 0 Å². The molecule has 0 aliphatic heterocycles. The van der Waals surface area contributed by atoms with Crippen molar-refractivity contribution in [2.45, 2.75) is 26.4 Å². The average Bonchev–Trinajstić information content (AvgIpc) is 2.25. The second kappa shape index (κ2) is 6.61. The first-order chi connectivity index (χ1) is 7.59. The topological polar surface area (TPSA) is 28.2 Å². The normalized spacial score (nSPS) is 13.4. The zero-order valence-corrected chi connectivity index (χ0v) is 10.8. The van der Waals surface area contributed by atoms with Crippen LogP contribution in [0.3, 0.4) is 0 Å². The van der Waals surface area contributed by atoms with E-state index in [4.69, 9.17) is 0 Å². The zero-order valence-electron chi connectivity index (χ0n) is 10.8. The monoisotopic (exact) mass is 221 g/mol. The van der Waals surface area contributed by atoms with E-state index >= 15 is 0 Å². The quantitative estimate of drug-likeness (QED) is 0.793.